The van der Waals surface area contributed by atoms with E-state index in [-0.39, 0.29) is 18.3 Å². The van der Waals surface area contributed by atoms with Crippen LogP contribution in [0.5, 0.6) is 0 Å². The minimum atomic E-state index is -4.68. The van der Waals surface area contributed by atoms with Crippen LogP contribution in [0.1, 0.15) is 36.9 Å². The second-order valence-corrected chi connectivity index (χ2v) is 5.86. The molecule has 1 aromatic heterocycles. The molecular weight excluding hydrogens is 319 g/mol. The lowest BCUT2D eigenvalue weighted by Crippen LogP contribution is -2.43. The quantitative estimate of drug-likeness (QED) is 0.901. The van der Waals surface area contributed by atoms with Crippen LogP contribution in [0.15, 0.2) is 4.52 Å². The number of rotatable bonds is 3. The summed E-state index contributed by atoms with van der Waals surface area (Å²) in [5.41, 5.74) is 0. The average Bonchev–Trinajstić information content (AvgIpc) is 3.12. The smallest absolute Gasteiger partial charge is 0.455 e. The van der Waals surface area contributed by atoms with Gasteiger partial charge in [-0.25, -0.2) is 0 Å². The molecule has 2 fully saturated rings. The summed E-state index contributed by atoms with van der Waals surface area (Å²) in [6.45, 7) is 0.596. The molecule has 1 unspecified atom stereocenters. The zero-order valence-corrected chi connectivity index (χ0v) is 11.9. The highest BCUT2D eigenvalue weighted by molar-refractivity contribution is 5.83. The van der Waals surface area contributed by atoms with Crippen LogP contribution in [-0.4, -0.2) is 45.1 Å². The largest absolute Gasteiger partial charge is 0.481 e. The van der Waals surface area contributed by atoms with Crippen molar-refractivity contribution < 1.29 is 32.4 Å². The third kappa shape index (κ3) is 3.15. The summed E-state index contributed by atoms with van der Waals surface area (Å²) in [6.07, 6.45) is -3.23. The van der Waals surface area contributed by atoms with Gasteiger partial charge in [0.25, 0.3) is 5.82 Å². The van der Waals surface area contributed by atoms with Crippen molar-refractivity contribution in [1.29, 1.82) is 0 Å². The maximum absolute atomic E-state index is 12.4. The molecule has 2 aliphatic rings. The molecule has 0 radical (unpaired) electrons. The molecule has 1 aliphatic carbocycles. The second-order valence-electron chi connectivity index (χ2n) is 5.86. The molecule has 10 heteroatoms. The van der Waals surface area contributed by atoms with E-state index in [4.69, 9.17) is 5.11 Å². The first-order valence-electron chi connectivity index (χ1n) is 7.19. The van der Waals surface area contributed by atoms with Crippen molar-refractivity contribution >= 4 is 11.9 Å². The number of carboxylic acid groups (broad SMARTS) is 1. The van der Waals surface area contributed by atoms with Gasteiger partial charge in [0.1, 0.15) is 0 Å². The Morgan fingerprint density at radius 3 is 2.70 bits per heavy atom. The Labute approximate surface area is 128 Å². The molecule has 0 bridgehead atoms. The molecule has 7 nitrogen and oxygen atoms in total. The van der Waals surface area contributed by atoms with Crippen molar-refractivity contribution in [3.63, 3.8) is 0 Å². The number of hydrogen-bond acceptors (Lipinski definition) is 5. The number of carbonyl (C=O) groups excluding carboxylic acids is 1. The molecule has 3 atom stereocenters. The number of aliphatic carboxylic acids is 1. The fourth-order valence-electron chi connectivity index (χ4n) is 2.86. The number of amides is 1. The summed E-state index contributed by atoms with van der Waals surface area (Å²) in [7, 11) is 0. The number of carboxylic acids is 1. The average molecular weight is 333 g/mol. The Bertz CT molecular complexity index is 630. The van der Waals surface area contributed by atoms with E-state index in [0.717, 1.165) is 0 Å². The van der Waals surface area contributed by atoms with E-state index in [1.165, 1.54) is 4.90 Å². The van der Waals surface area contributed by atoms with Crippen molar-refractivity contribution in [2.75, 3.05) is 13.1 Å². The molecule has 2 heterocycles. The molecule has 1 saturated carbocycles. The third-order valence-electron chi connectivity index (χ3n) is 4.20. The fraction of sp³-hybridized carbons (Fsp3) is 0.692. The fourth-order valence-corrected chi connectivity index (χ4v) is 2.86. The van der Waals surface area contributed by atoms with Gasteiger partial charge in [-0.2, -0.15) is 18.2 Å². The lowest BCUT2D eigenvalue weighted by molar-refractivity contribution is -0.147. The molecule has 1 aromatic rings. The van der Waals surface area contributed by atoms with E-state index in [1.807, 2.05) is 0 Å². The lowest BCUT2D eigenvalue weighted by atomic mass is 9.98. The van der Waals surface area contributed by atoms with Gasteiger partial charge in [-0.15, -0.1) is 0 Å². The van der Waals surface area contributed by atoms with E-state index >= 15 is 0 Å². The lowest BCUT2D eigenvalue weighted by Gasteiger charge is -2.30. The van der Waals surface area contributed by atoms with Crippen molar-refractivity contribution in [3.05, 3.63) is 11.7 Å². The summed E-state index contributed by atoms with van der Waals surface area (Å²) in [5, 5.41) is 11.9. The first-order chi connectivity index (χ1) is 10.8. The van der Waals surface area contributed by atoms with Gasteiger partial charge in [0.2, 0.25) is 11.8 Å². The summed E-state index contributed by atoms with van der Waals surface area (Å²) in [6, 6.07) is 0. The predicted molar refractivity (Wildman–Crippen MR) is 67.1 cm³/mol. The maximum Gasteiger partial charge on any atom is 0.455 e. The van der Waals surface area contributed by atoms with Crippen molar-refractivity contribution in [2.24, 2.45) is 11.8 Å². The Hall–Kier alpha value is -2.13. The van der Waals surface area contributed by atoms with E-state index in [1.54, 1.807) is 0 Å². The molecule has 0 aromatic carbocycles. The van der Waals surface area contributed by atoms with Gasteiger partial charge in [0.15, 0.2) is 0 Å². The van der Waals surface area contributed by atoms with Crippen molar-refractivity contribution in [3.8, 4) is 0 Å². The number of nitrogens with zero attached hydrogens (tertiary/aromatic N) is 3. The predicted octanol–water partition coefficient (Wildman–Crippen LogP) is 1.52. The van der Waals surface area contributed by atoms with E-state index in [2.05, 4.69) is 14.7 Å². The molecule has 126 valence electrons. The van der Waals surface area contributed by atoms with Crippen LogP contribution in [0.3, 0.4) is 0 Å². The zero-order valence-electron chi connectivity index (χ0n) is 11.9. The summed E-state index contributed by atoms with van der Waals surface area (Å²) >= 11 is 0. The molecule has 1 N–H and O–H groups in total. The number of alkyl halides is 3. The monoisotopic (exact) mass is 333 g/mol. The second kappa shape index (κ2) is 5.50. The van der Waals surface area contributed by atoms with Gasteiger partial charge in [0.05, 0.1) is 17.8 Å². The first-order valence-corrected chi connectivity index (χ1v) is 7.19. The van der Waals surface area contributed by atoms with E-state index in [0.29, 0.717) is 25.8 Å². The first kappa shape index (κ1) is 15.8. The Kier molecular flexibility index (Phi) is 3.77. The highest BCUT2D eigenvalue weighted by Gasteiger charge is 2.51. The summed E-state index contributed by atoms with van der Waals surface area (Å²) in [4.78, 5) is 28.1. The molecule has 1 saturated heterocycles. The Balaban J connectivity index is 1.62. The van der Waals surface area contributed by atoms with E-state index < -0.39 is 35.7 Å². The van der Waals surface area contributed by atoms with Crippen LogP contribution in [0.4, 0.5) is 13.2 Å². The Morgan fingerprint density at radius 1 is 1.35 bits per heavy atom. The molecule has 1 amide bonds. The van der Waals surface area contributed by atoms with Crippen LogP contribution in [0.2, 0.25) is 0 Å². The summed E-state index contributed by atoms with van der Waals surface area (Å²) in [5.74, 6) is -4.36. The standard InChI is InChI=1S/C13H14F3N3O4/c14-13(15,16)12-17-9(23-18-12)7-4-8(7)10(20)19-3-1-2-6(5-19)11(21)22/h6-8H,1-5H2,(H,21,22)/t6?,7-,8+/m0/s1. The highest BCUT2D eigenvalue weighted by Crippen LogP contribution is 2.48. The number of hydrogen-bond donors (Lipinski definition) is 1. The Morgan fingerprint density at radius 2 is 2.09 bits per heavy atom. The van der Waals surface area contributed by atoms with Crippen LogP contribution in [0, 0.1) is 11.8 Å². The maximum atomic E-state index is 12.4. The number of likely N-dealkylation sites (tertiary alicyclic amines) is 1. The molecule has 3 rings (SSSR count). The molecule has 0 spiro atoms. The summed E-state index contributed by atoms with van der Waals surface area (Å²) < 4.78 is 41.9. The normalized spacial score (nSPS) is 27.8. The van der Waals surface area contributed by atoms with Crippen LogP contribution < -0.4 is 0 Å². The van der Waals surface area contributed by atoms with Gasteiger partial charge >= 0.3 is 12.1 Å². The number of aromatic nitrogens is 2. The third-order valence-corrected chi connectivity index (χ3v) is 4.20. The van der Waals surface area contributed by atoms with Crippen LogP contribution in [0.25, 0.3) is 0 Å². The van der Waals surface area contributed by atoms with E-state index in [9.17, 15) is 22.8 Å². The van der Waals surface area contributed by atoms with Gasteiger partial charge in [-0.3, -0.25) is 9.59 Å². The highest BCUT2D eigenvalue weighted by atomic mass is 19.4. The molecule has 1 aliphatic heterocycles. The molecule has 23 heavy (non-hydrogen) atoms. The van der Waals surface area contributed by atoms with Crippen LogP contribution in [-0.2, 0) is 15.8 Å². The van der Waals surface area contributed by atoms with Crippen molar-refractivity contribution in [2.45, 2.75) is 31.4 Å². The van der Waals surface area contributed by atoms with Gasteiger partial charge in [0, 0.05) is 13.1 Å². The minimum Gasteiger partial charge on any atom is -0.481 e. The number of carbonyl (C=O) groups is 2. The topological polar surface area (TPSA) is 96.5 Å². The van der Waals surface area contributed by atoms with Gasteiger partial charge in [-0.1, -0.05) is 5.16 Å². The van der Waals surface area contributed by atoms with Gasteiger partial charge < -0.3 is 14.5 Å². The van der Waals surface area contributed by atoms with Crippen LogP contribution >= 0.6 is 0 Å². The zero-order chi connectivity index (χ0) is 16.8. The minimum absolute atomic E-state index is 0.134. The number of halogens is 3. The van der Waals surface area contributed by atoms with Crippen molar-refractivity contribution in [1.82, 2.24) is 15.0 Å². The SMILES string of the molecule is O=C(O)C1CCCN(C(=O)[C@@H]2C[C@@H]2c2nc(C(F)(F)F)no2)C1. The number of piperidine rings is 1. The molecular formula is C13H14F3N3O4. The van der Waals surface area contributed by atoms with Gasteiger partial charge in [-0.05, 0) is 19.3 Å².